The van der Waals surface area contributed by atoms with E-state index in [9.17, 15) is 13.6 Å². The Balaban J connectivity index is 2.00. The Kier molecular flexibility index (Phi) is 5.53. The topological polar surface area (TPSA) is 70.2 Å². The van der Waals surface area contributed by atoms with Crippen LogP contribution in [0.2, 0.25) is 0 Å². The molecule has 0 fully saturated rings. The van der Waals surface area contributed by atoms with Gasteiger partial charge in [0.15, 0.2) is 5.69 Å². The Bertz CT molecular complexity index is 656. The largest absolute Gasteiger partial charge is 0.367 e. The molecule has 23 heavy (non-hydrogen) atoms. The van der Waals surface area contributed by atoms with E-state index in [1.807, 2.05) is 19.0 Å². The molecule has 2 N–H and O–H groups in total. The monoisotopic (exact) mass is 321 g/mol. The highest BCUT2D eigenvalue weighted by molar-refractivity contribution is 6.02. The van der Waals surface area contributed by atoms with E-state index in [0.717, 1.165) is 18.7 Å². The number of anilines is 2. The van der Waals surface area contributed by atoms with Gasteiger partial charge in [-0.15, -0.1) is 10.2 Å². The van der Waals surface area contributed by atoms with Crippen LogP contribution in [0.1, 0.15) is 10.5 Å². The van der Waals surface area contributed by atoms with Gasteiger partial charge in [0.05, 0.1) is 0 Å². The maximum absolute atomic E-state index is 13.5. The standard InChI is InChI=1S/C15H17F2N5O/c1-22(2)9-8-18-13-7-6-12(20-21-13)15(23)19-14-10(16)4-3-5-11(14)17/h3-7H,8-9H2,1-2H3,(H,18,21)(H,19,23). The Morgan fingerprint density at radius 1 is 1.13 bits per heavy atom. The van der Waals surface area contributed by atoms with Gasteiger partial charge in [-0.3, -0.25) is 4.79 Å². The highest BCUT2D eigenvalue weighted by Crippen LogP contribution is 2.18. The number of para-hydroxylation sites is 1. The fourth-order valence-electron chi connectivity index (χ4n) is 1.75. The zero-order valence-corrected chi connectivity index (χ0v) is 12.8. The fourth-order valence-corrected chi connectivity index (χ4v) is 1.75. The van der Waals surface area contributed by atoms with Crippen molar-refractivity contribution in [3.63, 3.8) is 0 Å². The van der Waals surface area contributed by atoms with Crippen LogP contribution in [0.15, 0.2) is 30.3 Å². The van der Waals surface area contributed by atoms with Crippen LogP contribution < -0.4 is 10.6 Å². The van der Waals surface area contributed by atoms with E-state index in [1.165, 1.54) is 12.1 Å². The van der Waals surface area contributed by atoms with E-state index in [2.05, 4.69) is 20.8 Å². The van der Waals surface area contributed by atoms with E-state index in [1.54, 1.807) is 6.07 Å². The average molecular weight is 321 g/mol. The number of hydrogen-bond acceptors (Lipinski definition) is 5. The van der Waals surface area contributed by atoms with Crippen LogP contribution >= 0.6 is 0 Å². The van der Waals surface area contributed by atoms with Gasteiger partial charge in [-0.05, 0) is 38.4 Å². The smallest absolute Gasteiger partial charge is 0.276 e. The predicted molar refractivity (Wildman–Crippen MR) is 83.4 cm³/mol. The number of carbonyl (C=O) groups excluding carboxylic acids is 1. The van der Waals surface area contributed by atoms with Crippen molar-refractivity contribution < 1.29 is 13.6 Å². The van der Waals surface area contributed by atoms with E-state index >= 15 is 0 Å². The first-order valence-electron chi connectivity index (χ1n) is 6.95. The van der Waals surface area contributed by atoms with Gasteiger partial charge in [-0.2, -0.15) is 0 Å². The number of nitrogens with one attached hydrogen (secondary N) is 2. The van der Waals surface area contributed by atoms with Crippen molar-refractivity contribution in [3.8, 4) is 0 Å². The highest BCUT2D eigenvalue weighted by Gasteiger charge is 2.14. The van der Waals surface area contributed by atoms with Crippen molar-refractivity contribution in [1.29, 1.82) is 0 Å². The van der Waals surface area contributed by atoms with Crippen LogP contribution in [-0.4, -0.2) is 48.2 Å². The third-order valence-corrected chi connectivity index (χ3v) is 2.96. The molecule has 122 valence electrons. The quantitative estimate of drug-likeness (QED) is 0.851. The number of halogens is 2. The maximum Gasteiger partial charge on any atom is 0.276 e. The highest BCUT2D eigenvalue weighted by atomic mass is 19.1. The first-order valence-corrected chi connectivity index (χ1v) is 6.95. The molecule has 1 aromatic heterocycles. The molecule has 0 unspecified atom stereocenters. The molecular formula is C15H17F2N5O. The molecule has 2 aromatic rings. The molecule has 6 nitrogen and oxygen atoms in total. The number of benzene rings is 1. The van der Waals surface area contributed by atoms with Crippen molar-refractivity contribution >= 4 is 17.4 Å². The van der Waals surface area contributed by atoms with Crippen molar-refractivity contribution in [2.75, 3.05) is 37.8 Å². The molecule has 2 rings (SSSR count). The van der Waals surface area contributed by atoms with Crippen molar-refractivity contribution in [2.45, 2.75) is 0 Å². The summed E-state index contributed by atoms with van der Waals surface area (Å²) in [5, 5.41) is 12.8. The lowest BCUT2D eigenvalue weighted by atomic mass is 10.2. The zero-order valence-electron chi connectivity index (χ0n) is 12.8. The molecule has 8 heteroatoms. The SMILES string of the molecule is CN(C)CCNc1ccc(C(=O)Nc2c(F)cccc2F)nn1. The lowest BCUT2D eigenvalue weighted by molar-refractivity contribution is 0.102. The second kappa shape index (κ2) is 7.59. The van der Waals surface area contributed by atoms with Gasteiger partial charge in [0, 0.05) is 13.1 Å². The molecule has 0 spiro atoms. The van der Waals surface area contributed by atoms with Crippen LogP contribution in [-0.2, 0) is 0 Å². The van der Waals surface area contributed by atoms with Crippen LogP contribution in [0, 0.1) is 11.6 Å². The Labute approximate surface area is 132 Å². The molecule has 1 heterocycles. The molecule has 0 radical (unpaired) electrons. The van der Waals surface area contributed by atoms with Gasteiger partial charge in [-0.25, -0.2) is 8.78 Å². The van der Waals surface area contributed by atoms with Crippen LogP contribution in [0.3, 0.4) is 0 Å². The number of carbonyl (C=O) groups is 1. The summed E-state index contributed by atoms with van der Waals surface area (Å²) in [7, 11) is 3.89. The van der Waals surface area contributed by atoms with Crippen molar-refractivity contribution in [1.82, 2.24) is 15.1 Å². The Hall–Kier alpha value is -2.61. The van der Waals surface area contributed by atoms with Gasteiger partial charge in [-0.1, -0.05) is 6.07 Å². The Morgan fingerprint density at radius 2 is 1.83 bits per heavy atom. The van der Waals surface area contributed by atoms with Crippen molar-refractivity contribution in [2.24, 2.45) is 0 Å². The maximum atomic E-state index is 13.5. The normalized spacial score (nSPS) is 10.7. The molecule has 0 aliphatic rings. The first kappa shape index (κ1) is 16.8. The average Bonchev–Trinajstić information content (AvgIpc) is 2.51. The predicted octanol–water partition coefficient (Wildman–Crippen LogP) is 1.98. The number of aromatic nitrogens is 2. The summed E-state index contributed by atoms with van der Waals surface area (Å²) in [6.07, 6.45) is 0. The number of nitrogens with zero attached hydrogens (tertiary/aromatic N) is 3. The van der Waals surface area contributed by atoms with E-state index in [0.29, 0.717) is 12.4 Å². The fraction of sp³-hybridized carbons (Fsp3) is 0.267. The minimum absolute atomic E-state index is 0.0363. The minimum Gasteiger partial charge on any atom is -0.367 e. The molecule has 0 aliphatic heterocycles. The Morgan fingerprint density at radius 3 is 2.39 bits per heavy atom. The molecule has 1 aromatic carbocycles. The third kappa shape index (κ3) is 4.68. The zero-order chi connectivity index (χ0) is 16.8. The van der Waals surface area contributed by atoms with E-state index in [-0.39, 0.29) is 5.69 Å². The van der Waals surface area contributed by atoms with Gasteiger partial charge < -0.3 is 15.5 Å². The molecule has 0 bridgehead atoms. The molecular weight excluding hydrogens is 304 g/mol. The second-order valence-corrected chi connectivity index (χ2v) is 5.08. The molecule has 0 atom stereocenters. The summed E-state index contributed by atoms with van der Waals surface area (Å²) in [6.45, 7) is 1.49. The van der Waals surface area contributed by atoms with E-state index < -0.39 is 23.2 Å². The summed E-state index contributed by atoms with van der Waals surface area (Å²) >= 11 is 0. The van der Waals surface area contributed by atoms with Gasteiger partial charge in [0.1, 0.15) is 23.1 Å². The number of amides is 1. The summed E-state index contributed by atoms with van der Waals surface area (Å²) in [6, 6.07) is 6.34. The molecule has 0 saturated carbocycles. The summed E-state index contributed by atoms with van der Waals surface area (Å²) in [4.78, 5) is 14.0. The second-order valence-electron chi connectivity index (χ2n) is 5.08. The summed E-state index contributed by atoms with van der Waals surface area (Å²) < 4.78 is 27.0. The number of rotatable bonds is 6. The van der Waals surface area contributed by atoms with Gasteiger partial charge in [0.2, 0.25) is 0 Å². The van der Waals surface area contributed by atoms with E-state index in [4.69, 9.17) is 0 Å². The van der Waals surface area contributed by atoms with Gasteiger partial charge in [0.25, 0.3) is 5.91 Å². The minimum atomic E-state index is -0.853. The van der Waals surface area contributed by atoms with Crippen LogP contribution in [0.5, 0.6) is 0 Å². The van der Waals surface area contributed by atoms with Crippen LogP contribution in [0.25, 0.3) is 0 Å². The number of hydrogen-bond donors (Lipinski definition) is 2. The molecule has 1 amide bonds. The lowest BCUT2D eigenvalue weighted by Crippen LogP contribution is -2.21. The molecule has 0 aliphatic carbocycles. The third-order valence-electron chi connectivity index (χ3n) is 2.96. The number of likely N-dealkylation sites (N-methyl/N-ethyl adjacent to an activating group) is 1. The summed E-state index contributed by atoms with van der Waals surface area (Å²) in [5.74, 6) is -1.93. The van der Waals surface area contributed by atoms with Crippen molar-refractivity contribution in [3.05, 3.63) is 47.7 Å². The van der Waals surface area contributed by atoms with Gasteiger partial charge >= 0.3 is 0 Å². The molecule has 0 saturated heterocycles. The van der Waals surface area contributed by atoms with Crippen LogP contribution in [0.4, 0.5) is 20.3 Å². The lowest BCUT2D eigenvalue weighted by Gasteiger charge is -2.10. The first-order chi connectivity index (χ1) is 11.0. The summed E-state index contributed by atoms with van der Waals surface area (Å²) in [5.41, 5.74) is -0.543.